The van der Waals surface area contributed by atoms with Crippen molar-refractivity contribution in [1.29, 1.82) is 5.26 Å². The monoisotopic (exact) mass is 520 g/mol. The van der Waals surface area contributed by atoms with E-state index in [9.17, 15) is 10.1 Å². The van der Waals surface area contributed by atoms with Crippen LogP contribution in [0.5, 0.6) is 0 Å². The summed E-state index contributed by atoms with van der Waals surface area (Å²) in [5.74, 6) is 0.785. The molecule has 3 heterocycles. The van der Waals surface area contributed by atoms with Crippen molar-refractivity contribution >= 4 is 28.7 Å². The van der Waals surface area contributed by atoms with E-state index < -0.39 is 0 Å². The lowest BCUT2D eigenvalue weighted by atomic mass is 9.91. The first kappa shape index (κ1) is 25.5. The standard InChI is InChI=1S/C28H28N10O/c1-5-9-22(39)30-20-14-12-18(13-15-20)25-31-27-23(24(28(2,3)4)34-38(27)36-25)32-33-26-19(16-29)17-37(35-26)21-10-7-6-8-11-21/h6-8,10-15,17H,5,9H2,1-4H3,(H,30,39)(H,31,36). The molecular formula is C28H28N10O. The SMILES string of the molecule is CCCC(=O)Nc1ccc(-c2nn3nc(C(C)(C)C)c(N=Nc4nn(-c5ccccc5)cc4C#N)c3[nH]2)cc1. The van der Waals surface area contributed by atoms with E-state index in [1.54, 1.807) is 10.9 Å². The molecule has 0 unspecified atom stereocenters. The molecule has 0 aliphatic heterocycles. The molecule has 0 atom stereocenters. The molecule has 2 aromatic carbocycles. The van der Waals surface area contributed by atoms with Gasteiger partial charge in [-0.1, -0.05) is 45.9 Å². The van der Waals surface area contributed by atoms with Crippen molar-refractivity contribution in [3.05, 3.63) is 72.1 Å². The predicted molar refractivity (Wildman–Crippen MR) is 147 cm³/mol. The summed E-state index contributed by atoms with van der Waals surface area (Å²) in [6.45, 7) is 8.07. The first-order valence-electron chi connectivity index (χ1n) is 12.6. The first-order valence-corrected chi connectivity index (χ1v) is 12.6. The van der Waals surface area contributed by atoms with E-state index in [0.29, 0.717) is 34.8 Å². The minimum Gasteiger partial charge on any atom is -0.326 e. The largest absolute Gasteiger partial charge is 0.326 e. The molecule has 5 aromatic rings. The molecule has 11 nitrogen and oxygen atoms in total. The van der Waals surface area contributed by atoms with Gasteiger partial charge in [0.15, 0.2) is 17.2 Å². The molecule has 11 heteroatoms. The third-order valence-corrected chi connectivity index (χ3v) is 5.99. The lowest BCUT2D eigenvalue weighted by Crippen LogP contribution is -2.12. The minimum atomic E-state index is -0.344. The number of carbonyl (C=O) groups excluding carboxylic acids is 1. The number of anilines is 1. The summed E-state index contributed by atoms with van der Waals surface area (Å²) < 4.78 is 3.11. The van der Waals surface area contributed by atoms with Crippen LogP contribution in [0, 0.1) is 11.3 Å². The Bertz CT molecular complexity index is 1690. The molecule has 39 heavy (non-hydrogen) atoms. The third kappa shape index (κ3) is 5.31. The normalized spacial score (nSPS) is 11.8. The lowest BCUT2D eigenvalue weighted by Gasteiger charge is -2.15. The second-order valence-electron chi connectivity index (χ2n) is 10.1. The van der Waals surface area contributed by atoms with Gasteiger partial charge in [0, 0.05) is 23.1 Å². The van der Waals surface area contributed by atoms with Crippen molar-refractivity contribution in [2.75, 3.05) is 5.32 Å². The topological polar surface area (TPSA) is 141 Å². The molecule has 3 aromatic heterocycles. The van der Waals surface area contributed by atoms with Crippen LogP contribution in [-0.2, 0) is 10.2 Å². The molecule has 0 saturated heterocycles. The van der Waals surface area contributed by atoms with Crippen LogP contribution in [0.4, 0.5) is 17.2 Å². The van der Waals surface area contributed by atoms with Crippen LogP contribution < -0.4 is 5.32 Å². The number of fused-ring (bicyclic) bond motifs is 1. The van der Waals surface area contributed by atoms with Gasteiger partial charge in [0.25, 0.3) is 0 Å². The van der Waals surface area contributed by atoms with Gasteiger partial charge in [-0.15, -0.1) is 25.1 Å². The molecule has 2 N–H and O–H groups in total. The van der Waals surface area contributed by atoms with Crippen molar-refractivity contribution in [3.8, 4) is 23.1 Å². The summed E-state index contributed by atoms with van der Waals surface area (Å²) in [5.41, 5.74) is 4.11. The number of nitrogens with one attached hydrogen (secondary N) is 2. The zero-order valence-electron chi connectivity index (χ0n) is 22.2. The summed E-state index contributed by atoms with van der Waals surface area (Å²) in [5, 5.41) is 35.2. The Labute approximate surface area is 225 Å². The zero-order chi connectivity index (χ0) is 27.6. The number of nitrogens with zero attached hydrogens (tertiary/aromatic N) is 8. The van der Waals surface area contributed by atoms with E-state index in [1.165, 1.54) is 4.63 Å². The number of hydrogen-bond donors (Lipinski definition) is 2. The number of H-pyrrole nitrogens is 1. The van der Waals surface area contributed by atoms with Gasteiger partial charge in [0.2, 0.25) is 11.7 Å². The molecular weight excluding hydrogens is 492 g/mol. The van der Waals surface area contributed by atoms with Crippen LogP contribution in [0.3, 0.4) is 0 Å². The fourth-order valence-electron chi connectivity index (χ4n) is 4.03. The Morgan fingerprint density at radius 1 is 1.05 bits per heavy atom. The average molecular weight is 521 g/mol. The number of rotatable bonds is 7. The Morgan fingerprint density at radius 2 is 1.79 bits per heavy atom. The van der Waals surface area contributed by atoms with Crippen LogP contribution in [0.15, 0.2) is 71.0 Å². The van der Waals surface area contributed by atoms with E-state index in [4.69, 9.17) is 0 Å². The van der Waals surface area contributed by atoms with Crippen molar-refractivity contribution in [2.24, 2.45) is 10.2 Å². The number of carbonyl (C=O) groups is 1. The maximum absolute atomic E-state index is 11.9. The Hall–Kier alpha value is -5.11. The lowest BCUT2D eigenvalue weighted by molar-refractivity contribution is -0.116. The van der Waals surface area contributed by atoms with E-state index in [-0.39, 0.29) is 17.1 Å². The summed E-state index contributed by atoms with van der Waals surface area (Å²) in [6, 6.07) is 19.1. The van der Waals surface area contributed by atoms with E-state index >= 15 is 0 Å². The molecule has 0 bridgehead atoms. The van der Waals surface area contributed by atoms with Gasteiger partial charge < -0.3 is 10.3 Å². The number of nitriles is 1. The average Bonchev–Trinajstić information content (AvgIpc) is 3.61. The number of aromatic amines is 1. The molecule has 0 aliphatic carbocycles. The van der Waals surface area contributed by atoms with Gasteiger partial charge in [-0.25, -0.2) is 4.68 Å². The molecule has 196 valence electrons. The Morgan fingerprint density at radius 3 is 2.46 bits per heavy atom. The molecule has 1 amide bonds. The van der Waals surface area contributed by atoms with Gasteiger partial charge in [0.1, 0.15) is 11.6 Å². The molecule has 0 spiro atoms. The minimum absolute atomic E-state index is 0.0143. The van der Waals surface area contributed by atoms with Crippen LogP contribution in [0.2, 0.25) is 0 Å². The molecule has 0 radical (unpaired) electrons. The second-order valence-corrected chi connectivity index (χ2v) is 10.1. The Balaban J connectivity index is 1.50. The predicted octanol–water partition coefficient (Wildman–Crippen LogP) is 6.23. The molecule has 0 saturated carbocycles. The quantitative estimate of drug-likeness (QED) is 0.245. The Kier molecular flexibility index (Phi) is 6.77. The highest BCUT2D eigenvalue weighted by Crippen LogP contribution is 2.36. The summed E-state index contributed by atoms with van der Waals surface area (Å²) in [7, 11) is 0. The van der Waals surface area contributed by atoms with Crippen LogP contribution in [0.25, 0.3) is 22.7 Å². The molecule has 0 fully saturated rings. The van der Waals surface area contributed by atoms with Crippen molar-refractivity contribution in [3.63, 3.8) is 0 Å². The highest BCUT2D eigenvalue weighted by Gasteiger charge is 2.27. The van der Waals surface area contributed by atoms with Crippen molar-refractivity contribution in [2.45, 2.75) is 46.0 Å². The first-order chi connectivity index (χ1) is 18.8. The van der Waals surface area contributed by atoms with Crippen molar-refractivity contribution < 1.29 is 4.79 Å². The smallest absolute Gasteiger partial charge is 0.224 e. The number of hydrogen-bond acceptors (Lipinski definition) is 7. The number of amides is 1. The van der Waals surface area contributed by atoms with Gasteiger partial charge >= 0.3 is 0 Å². The maximum Gasteiger partial charge on any atom is 0.224 e. The van der Waals surface area contributed by atoms with Crippen molar-refractivity contribution in [1.82, 2.24) is 29.6 Å². The summed E-state index contributed by atoms with van der Waals surface area (Å²) in [6.07, 6.45) is 2.90. The molecule has 0 aliphatic rings. The van der Waals surface area contributed by atoms with Crippen LogP contribution >= 0.6 is 0 Å². The van der Waals surface area contributed by atoms with Gasteiger partial charge in [-0.3, -0.25) is 4.79 Å². The maximum atomic E-state index is 11.9. The fraction of sp³-hybridized carbons (Fsp3) is 0.250. The molecule has 5 rings (SSSR count). The number of azo groups is 1. The van der Waals surface area contributed by atoms with Crippen LogP contribution in [0.1, 0.15) is 51.8 Å². The highest BCUT2D eigenvalue weighted by atomic mass is 16.1. The zero-order valence-corrected chi connectivity index (χ0v) is 22.2. The van der Waals surface area contributed by atoms with E-state index in [2.05, 4.69) is 41.9 Å². The van der Waals surface area contributed by atoms with E-state index in [0.717, 1.165) is 23.4 Å². The van der Waals surface area contributed by atoms with Gasteiger partial charge in [0.05, 0.1) is 17.6 Å². The summed E-state index contributed by atoms with van der Waals surface area (Å²) >= 11 is 0. The van der Waals surface area contributed by atoms with Crippen LogP contribution in [-0.4, -0.2) is 35.5 Å². The van der Waals surface area contributed by atoms with Gasteiger partial charge in [-0.2, -0.15) is 10.4 Å². The van der Waals surface area contributed by atoms with E-state index in [1.807, 2.05) is 82.3 Å². The third-order valence-electron chi connectivity index (χ3n) is 5.99. The highest BCUT2D eigenvalue weighted by molar-refractivity contribution is 5.90. The summed E-state index contributed by atoms with van der Waals surface area (Å²) in [4.78, 5) is 15.2. The number of benzene rings is 2. The fourth-order valence-corrected chi connectivity index (χ4v) is 4.03. The number of aromatic nitrogens is 6. The number of para-hydroxylation sites is 1. The van der Waals surface area contributed by atoms with Gasteiger partial charge in [-0.05, 0) is 42.8 Å². The second kappa shape index (κ2) is 10.3.